The zero-order valence-corrected chi connectivity index (χ0v) is 17.9. The van der Waals surface area contributed by atoms with Gasteiger partial charge in [0.25, 0.3) is 10.0 Å². The Morgan fingerprint density at radius 3 is 2.52 bits per heavy atom. The third-order valence-electron chi connectivity index (χ3n) is 4.12. The Kier molecular flexibility index (Phi) is 5.36. The number of anilines is 1. The van der Waals surface area contributed by atoms with Crippen LogP contribution >= 0.6 is 0 Å². The van der Waals surface area contributed by atoms with Gasteiger partial charge in [-0.3, -0.25) is 13.5 Å². The lowest BCUT2D eigenvalue weighted by atomic mass is 10.2. The average molecular weight is 417 g/mol. The number of rotatable bonds is 5. The largest absolute Gasteiger partial charge is 0.459 e. The zero-order chi connectivity index (χ0) is 21.4. The van der Waals surface area contributed by atoms with Crippen molar-refractivity contribution in [3.8, 4) is 0 Å². The molecule has 0 unspecified atom stereocenters. The van der Waals surface area contributed by atoms with Crippen LogP contribution in [0.1, 0.15) is 32.2 Å². The summed E-state index contributed by atoms with van der Waals surface area (Å²) >= 11 is 0. The van der Waals surface area contributed by atoms with E-state index in [-0.39, 0.29) is 10.5 Å². The first-order valence-corrected chi connectivity index (χ1v) is 10.5. The number of ether oxygens (including phenoxy) is 1. The molecule has 0 spiro atoms. The fourth-order valence-corrected chi connectivity index (χ4v) is 4.44. The van der Waals surface area contributed by atoms with E-state index < -0.39 is 28.1 Å². The molecule has 9 heteroatoms. The number of hydrogen-bond donors (Lipinski definition) is 0. The van der Waals surface area contributed by atoms with Crippen molar-refractivity contribution in [3.63, 3.8) is 0 Å². The number of pyridine rings is 1. The number of carbonyl (C=O) groups excluding carboxylic acids is 1. The van der Waals surface area contributed by atoms with Gasteiger partial charge in [0, 0.05) is 6.20 Å². The van der Waals surface area contributed by atoms with Gasteiger partial charge in [0.2, 0.25) is 0 Å². The lowest BCUT2D eigenvalue weighted by molar-refractivity contribution is -0.152. The summed E-state index contributed by atoms with van der Waals surface area (Å²) in [7, 11) is -4.13. The highest BCUT2D eigenvalue weighted by Crippen LogP contribution is 2.27. The Labute approximate surface area is 170 Å². The molecule has 0 atom stereocenters. The van der Waals surface area contributed by atoms with Crippen molar-refractivity contribution in [1.29, 1.82) is 0 Å². The first-order chi connectivity index (χ1) is 13.5. The molecule has 0 bridgehead atoms. The minimum Gasteiger partial charge on any atom is -0.459 e. The number of benzene rings is 1. The summed E-state index contributed by atoms with van der Waals surface area (Å²) in [5.41, 5.74) is 0.702. The molecule has 0 saturated heterocycles. The lowest BCUT2D eigenvalue weighted by Gasteiger charge is -2.26. The molecular weight excluding hydrogens is 392 g/mol. The van der Waals surface area contributed by atoms with E-state index >= 15 is 0 Å². The summed E-state index contributed by atoms with van der Waals surface area (Å²) in [6.45, 7) is 8.32. The minimum absolute atomic E-state index is 0.0364. The van der Waals surface area contributed by atoms with Crippen LogP contribution in [0.3, 0.4) is 0 Å². The number of esters is 1. The van der Waals surface area contributed by atoms with Crippen LogP contribution < -0.4 is 4.31 Å². The van der Waals surface area contributed by atoms with Gasteiger partial charge in [-0.2, -0.15) is 0 Å². The number of carbonyl (C=O) groups is 1. The standard InChI is InChI=1S/C20H24N4O4S/c1-14-8-6-9-16(12-14)24(13-18(25)28-20(3,4)5)29(26,27)17-10-7-11-23-15(2)21-22-19(17)23/h6-12H,13H2,1-5H3. The Bertz CT molecular complexity index is 1160. The van der Waals surface area contributed by atoms with Crippen LogP contribution in [0.4, 0.5) is 5.69 Å². The van der Waals surface area contributed by atoms with E-state index in [1.165, 1.54) is 6.07 Å². The van der Waals surface area contributed by atoms with Crippen molar-refractivity contribution >= 4 is 27.3 Å². The highest BCUT2D eigenvalue weighted by Gasteiger charge is 2.31. The second-order valence-corrected chi connectivity index (χ2v) is 9.58. The van der Waals surface area contributed by atoms with Crippen molar-refractivity contribution in [2.45, 2.75) is 45.1 Å². The summed E-state index contributed by atoms with van der Waals surface area (Å²) in [6.07, 6.45) is 1.69. The molecule has 2 heterocycles. The van der Waals surface area contributed by atoms with Crippen molar-refractivity contribution in [2.75, 3.05) is 10.8 Å². The lowest BCUT2D eigenvalue weighted by Crippen LogP contribution is -2.39. The third-order valence-corrected chi connectivity index (χ3v) is 5.91. The van der Waals surface area contributed by atoms with E-state index in [1.54, 1.807) is 62.6 Å². The van der Waals surface area contributed by atoms with E-state index in [1.807, 2.05) is 13.0 Å². The van der Waals surface area contributed by atoms with Crippen molar-refractivity contribution in [3.05, 3.63) is 54.0 Å². The molecular formula is C20H24N4O4S. The maximum atomic E-state index is 13.6. The normalized spacial score (nSPS) is 12.2. The van der Waals surface area contributed by atoms with Gasteiger partial charge in [0.15, 0.2) is 5.65 Å². The van der Waals surface area contributed by atoms with Gasteiger partial charge in [-0.15, -0.1) is 10.2 Å². The number of aryl methyl sites for hydroxylation is 2. The molecule has 0 aliphatic carbocycles. The van der Waals surface area contributed by atoms with Crippen molar-refractivity contribution in [1.82, 2.24) is 14.6 Å². The second kappa shape index (κ2) is 7.47. The number of aromatic nitrogens is 3. The predicted molar refractivity (Wildman–Crippen MR) is 109 cm³/mol. The summed E-state index contributed by atoms with van der Waals surface area (Å²) in [6, 6.07) is 10.0. The Morgan fingerprint density at radius 2 is 1.86 bits per heavy atom. The molecule has 154 valence electrons. The zero-order valence-electron chi connectivity index (χ0n) is 17.1. The Balaban J connectivity index is 2.12. The molecule has 1 aromatic carbocycles. The van der Waals surface area contributed by atoms with Crippen molar-refractivity contribution < 1.29 is 17.9 Å². The maximum Gasteiger partial charge on any atom is 0.327 e. The molecule has 0 aliphatic rings. The van der Waals surface area contributed by atoms with Crippen LogP contribution in [0.2, 0.25) is 0 Å². The molecule has 8 nitrogen and oxygen atoms in total. The molecule has 29 heavy (non-hydrogen) atoms. The van der Waals surface area contributed by atoms with Gasteiger partial charge in [0.1, 0.15) is 22.9 Å². The summed E-state index contributed by atoms with van der Waals surface area (Å²) in [4.78, 5) is 12.5. The minimum atomic E-state index is -4.13. The molecule has 2 aromatic heterocycles. The molecule has 0 amide bonds. The average Bonchev–Trinajstić information content (AvgIpc) is 2.99. The number of fused-ring (bicyclic) bond motifs is 1. The summed E-state index contributed by atoms with van der Waals surface area (Å²) < 4.78 is 35.2. The first-order valence-electron chi connectivity index (χ1n) is 9.11. The van der Waals surface area contributed by atoms with E-state index in [9.17, 15) is 13.2 Å². The van der Waals surface area contributed by atoms with Crippen LogP contribution in [-0.2, 0) is 19.6 Å². The summed E-state index contributed by atoms with van der Waals surface area (Å²) in [5.74, 6) is -0.0847. The van der Waals surface area contributed by atoms with Crippen LogP contribution in [0, 0.1) is 13.8 Å². The van der Waals surface area contributed by atoms with Crippen LogP contribution in [0.25, 0.3) is 5.65 Å². The fourth-order valence-electron chi connectivity index (χ4n) is 2.92. The number of sulfonamides is 1. The SMILES string of the molecule is Cc1cccc(N(CC(=O)OC(C)(C)C)S(=O)(=O)c2cccn3c(C)nnc23)c1. The van der Waals surface area contributed by atoms with Gasteiger partial charge in [0.05, 0.1) is 5.69 Å². The van der Waals surface area contributed by atoms with Crippen LogP contribution in [0.15, 0.2) is 47.5 Å². The van der Waals surface area contributed by atoms with Crippen molar-refractivity contribution in [2.24, 2.45) is 0 Å². The molecule has 0 aliphatic heterocycles. The number of nitrogens with zero attached hydrogens (tertiary/aromatic N) is 4. The van der Waals surface area contributed by atoms with Gasteiger partial charge in [-0.1, -0.05) is 12.1 Å². The molecule has 3 rings (SSSR count). The fraction of sp³-hybridized carbons (Fsp3) is 0.350. The first kappa shape index (κ1) is 20.8. The van der Waals surface area contributed by atoms with E-state index in [0.29, 0.717) is 11.5 Å². The van der Waals surface area contributed by atoms with Gasteiger partial charge in [-0.25, -0.2) is 8.42 Å². The van der Waals surface area contributed by atoms with E-state index in [0.717, 1.165) is 9.87 Å². The second-order valence-electron chi connectivity index (χ2n) is 7.75. The quantitative estimate of drug-likeness (QED) is 0.594. The third kappa shape index (κ3) is 4.40. The molecule has 3 aromatic rings. The molecule has 0 radical (unpaired) electrons. The predicted octanol–water partition coefficient (Wildman–Crippen LogP) is 2.88. The molecule has 0 fully saturated rings. The highest BCUT2D eigenvalue weighted by atomic mass is 32.2. The maximum absolute atomic E-state index is 13.6. The highest BCUT2D eigenvalue weighted by molar-refractivity contribution is 7.93. The van der Waals surface area contributed by atoms with Gasteiger partial charge in [-0.05, 0) is 64.4 Å². The monoisotopic (exact) mass is 416 g/mol. The summed E-state index contributed by atoms with van der Waals surface area (Å²) in [5, 5.41) is 7.97. The Hall–Kier alpha value is -2.94. The van der Waals surface area contributed by atoms with E-state index in [4.69, 9.17) is 4.74 Å². The van der Waals surface area contributed by atoms with Gasteiger partial charge < -0.3 is 4.74 Å². The van der Waals surface area contributed by atoms with Crippen LogP contribution in [0.5, 0.6) is 0 Å². The Morgan fingerprint density at radius 1 is 1.14 bits per heavy atom. The topological polar surface area (TPSA) is 93.9 Å². The number of hydrogen-bond acceptors (Lipinski definition) is 6. The molecule has 0 saturated carbocycles. The smallest absolute Gasteiger partial charge is 0.327 e. The van der Waals surface area contributed by atoms with Gasteiger partial charge >= 0.3 is 5.97 Å². The van der Waals surface area contributed by atoms with Crippen LogP contribution in [-0.4, -0.2) is 41.1 Å². The molecule has 0 N–H and O–H groups in total. The van der Waals surface area contributed by atoms with E-state index in [2.05, 4.69) is 10.2 Å².